The molecule has 5 heteroatoms. The molecule has 4 heterocycles. The van der Waals surface area contributed by atoms with E-state index in [2.05, 4.69) is 528 Å². The van der Waals surface area contributed by atoms with Crippen LogP contribution in [-0.4, -0.2) is 15.8 Å². The smallest absolute Gasteiger partial charge is 0.252 e. The van der Waals surface area contributed by atoms with E-state index >= 15 is 0 Å². The molecule has 4 nitrogen and oxygen atoms in total. The van der Waals surface area contributed by atoms with Gasteiger partial charge < -0.3 is 18.9 Å². The average Bonchev–Trinajstić information content (AvgIpc) is 0.975. The van der Waals surface area contributed by atoms with Crippen molar-refractivity contribution >= 4 is 101 Å². The van der Waals surface area contributed by atoms with Gasteiger partial charge in [-0.25, -0.2) is 0 Å². The molecule has 0 fully saturated rings. The maximum Gasteiger partial charge on any atom is 0.252 e. The molecular weight excluding hydrogens is 1710 g/mol. The van der Waals surface area contributed by atoms with E-state index < -0.39 is 18.5 Å². The van der Waals surface area contributed by atoms with Crippen molar-refractivity contribution in [1.29, 1.82) is 0 Å². The standard InChI is InChI=1S/C137H137BN4/c1-131(2,3)82-89-38-34-50-102(66-89)110-80-124(112(76-106(110)87-136(16,17)18)104-52-36-40-91(68-104)84-133(7,8)9)141-126-78-108(139-120-62-54-98(94-42-26-22-27-43-94)72-114(120)115-73-99(55-63-121(115)139)95-44-28-23-29-45-95)58-60-118(126)138-119-61-59-109(140-122-64-56-100(96-46-30-24-31-47-96)74-116(122)117-75-101(57-65-123(117)140)97-48-32-25-33-49-97)79-127(119)142(129-71-93(86-135(13,14)15)70-128(141)130(129)138)125-81-111(103-51-35-39-90(67-103)83-132(4,5)6)107(88-137(19,20)21)77-113(125)105-53-37-41-92(69-105)85-134(10,11)12/h22-81H,82-88H2,1-21H3/i86D2. The normalized spacial score (nSPS) is 13.4. The van der Waals surface area contributed by atoms with E-state index in [9.17, 15) is 2.74 Å². The van der Waals surface area contributed by atoms with Crippen LogP contribution in [0.5, 0.6) is 0 Å². The third-order valence-corrected chi connectivity index (χ3v) is 28.3. The number of rotatable bonds is 19. The third-order valence-electron chi connectivity index (χ3n) is 28.3. The molecular formula is C137H137BN4. The van der Waals surface area contributed by atoms with Crippen molar-refractivity contribution in [1.82, 2.24) is 9.13 Å². The maximum absolute atomic E-state index is 11.4. The second-order valence-corrected chi connectivity index (χ2v) is 49.2. The Morgan fingerprint density at radius 2 is 0.479 bits per heavy atom. The molecule has 19 aromatic rings. The minimum atomic E-state index is -1.96. The van der Waals surface area contributed by atoms with E-state index in [1.165, 1.54) is 55.6 Å². The van der Waals surface area contributed by atoms with Crippen LogP contribution in [0.2, 0.25) is 0 Å². The SMILES string of the molecule is [2H]C([2H])(c1cc2c3c(c1)N(c1cc(-c4cccc(CC(C)(C)C)c4)c(CC(C)(C)C)cc1-c1cccc(CC(C)(C)C)c1)c1cc(-n4c5ccc(-c6ccccc6)cc5c5cc(-c6ccccc6)ccc54)ccc1B3c1ccc(-n3c4ccc(-c5ccccc5)cc4c4cc(-c5ccccc5)ccc43)cc1N2c1cc(-c2cccc(CC(C)(C)C)c2)c(CC(C)(C)C)cc1-c1cccc(CC(C)(C)C)c1)C(C)(C)C. The van der Waals surface area contributed by atoms with Gasteiger partial charge in [0.1, 0.15) is 0 Å². The van der Waals surface area contributed by atoms with Crippen molar-refractivity contribution in [2.75, 3.05) is 9.80 Å². The van der Waals surface area contributed by atoms with Gasteiger partial charge >= 0.3 is 0 Å². The summed E-state index contributed by atoms with van der Waals surface area (Å²) in [5.74, 6) is 0. The summed E-state index contributed by atoms with van der Waals surface area (Å²) < 4.78 is 27.9. The Kier molecular flexibility index (Phi) is 23.4. The lowest BCUT2D eigenvalue weighted by molar-refractivity contribution is 0.410. The molecule has 708 valence electrons. The van der Waals surface area contributed by atoms with Crippen LogP contribution in [0, 0.1) is 37.9 Å². The summed E-state index contributed by atoms with van der Waals surface area (Å²) in [7, 11) is 0. The predicted octanol–water partition coefficient (Wildman–Crippen LogP) is 36.4. The van der Waals surface area contributed by atoms with Crippen LogP contribution in [0.3, 0.4) is 0 Å². The van der Waals surface area contributed by atoms with E-state index in [1.807, 2.05) is 0 Å². The van der Waals surface area contributed by atoms with Gasteiger partial charge in [-0.15, -0.1) is 0 Å². The van der Waals surface area contributed by atoms with E-state index in [-0.39, 0.29) is 32.5 Å². The summed E-state index contributed by atoms with van der Waals surface area (Å²) in [5.41, 5.74) is 41.1. The molecule has 0 N–H and O–H groups in total. The highest BCUT2D eigenvalue weighted by Crippen LogP contribution is 2.55. The third kappa shape index (κ3) is 19.3. The fraction of sp³-hybridized carbons (Fsp3) is 0.255. The first kappa shape index (κ1) is 91.8. The minimum Gasteiger partial charge on any atom is -0.311 e. The molecule has 0 bridgehead atoms. The first-order valence-electron chi connectivity index (χ1n) is 52.6. The lowest BCUT2D eigenvalue weighted by atomic mass is 9.33. The zero-order chi connectivity index (χ0) is 101. The van der Waals surface area contributed by atoms with Gasteiger partial charge in [0.05, 0.1) is 33.4 Å². The monoisotopic (exact) mass is 1850 g/mol. The van der Waals surface area contributed by atoms with Gasteiger partial charge in [0.2, 0.25) is 0 Å². The zero-order valence-corrected chi connectivity index (χ0v) is 87.2. The van der Waals surface area contributed by atoms with Crippen molar-refractivity contribution in [3.05, 3.63) is 403 Å². The topological polar surface area (TPSA) is 16.3 Å². The van der Waals surface area contributed by atoms with Crippen LogP contribution in [0.4, 0.5) is 34.1 Å². The number of hydrogen-bond acceptors (Lipinski definition) is 2. The molecule has 0 saturated carbocycles. The molecule has 2 aliphatic heterocycles. The fourth-order valence-electron chi connectivity index (χ4n) is 23.0. The number of fused-ring (bicyclic) bond motifs is 10. The van der Waals surface area contributed by atoms with E-state index in [1.54, 1.807) is 0 Å². The number of aromatic nitrogens is 2. The highest BCUT2D eigenvalue weighted by molar-refractivity contribution is 7.00. The molecule has 21 rings (SSSR count). The molecule has 0 radical (unpaired) electrons. The van der Waals surface area contributed by atoms with Gasteiger partial charge in [-0.3, -0.25) is 0 Å². The minimum absolute atomic E-state index is 0.0162. The largest absolute Gasteiger partial charge is 0.311 e. The summed E-state index contributed by atoms with van der Waals surface area (Å²) in [6, 6.07) is 140. The van der Waals surface area contributed by atoms with Crippen LogP contribution in [-0.2, 0) is 44.9 Å². The number of benzene rings is 17. The Morgan fingerprint density at radius 3 is 0.754 bits per heavy atom. The summed E-state index contributed by atoms with van der Waals surface area (Å²) in [6.07, 6.45) is 3.20. The lowest BCUT2D eigenvalue weighted by Crippen LogP contribution is -2.61. The Hall–Kier alpha value is -14.0. The summed E-state index contributed by atoms with van der Waals surface area (Å²) in [6.45, 7) is 48.5. The van der Waals surface area contributed by atoms with Gasteiger partial charge in [0.15, 0.2) is 0 Å². The molecule has 0 saturated heterocycles. The zero-order valence-electron chi connectivity index (χ0n) is 89.2. The second kappa shape index (κ2) is 36.2. The van der Waals surface area contributed by atoms with Gasteiger partial charge in [-0.1, -0.05) is 400 Å². The van der Waals surface area contributed by atoms with E-state index in [0.717, 1.165) is 211 Å². The highest BCUT2D eigenvalue weighted by Gasteiger charge is 2.46. The Bertz CT molecular complexity index is 7520. The van der Waals surface area contributed by atoms with Crippen LogP contribution >= 0.6 is 0 Å². The first-order valence-corrected chi connectivity index (χ1v) is 51.6. The quantitative estimate of drug-likeness (QED) is 0.0750. The average molecular weight is 1850 g/mol. The van der Waals surface area contributed by atoms with E-state index in [0.29, 0.717) is 5.56 Å². The highest BCUT2D eigenvalue weighted by atomic mass is 15.2. The predicted molar refractivity (Wildman–Crippen MR) is 615 cm³/mol. The molecule has 0 spiro atoms. The molecule has 0 aliphatic carbocycles. The number of anilines is 6. The van der Waals surface area contributed by atoms with Crippen molar-refractivity contribution in [3.63, 3.8) is 0 Å². The molecule has 17 aromatic carbocycles. The van der Waals surface area contributed by atoms with Crippen LogP contribution in [0.1, 0.15) is 187 Å². The van der Waals surface area contributed by atoms with Crippen molar-refractivity contribution in [3.8, 4) is 100 Å². The van der Waals surface area contributed by atoms with Gasteiger partial charge in [-0.05, 0) is 325 Å². The Morgan fingerprint density at radius 1 is 0.204 bits per heavy atom. The van der Waals surface area contributed by atoms with Crippen LogP contribution in [0.25, 0.3) is 144 Å². The number of hydrogen-bond donors (Lipinski definition) is 0. The first-order chi connectivity index (χ1) is 68.4. The van der Waals surface area contributed by atoms with Gasteiger partial charge in [0, 0.05) is 69.5 Å². The molecule has 0 unspecified atom stereocenters. The van der Waals surface area contributed by atoms with E-state index in [4.69, 9.17) is 0 Å². The summed E-state index contributed by atoms with van der Waals surface area (Å²) in [5, 5.41) is 4.64. The molecule has 2 aromatic heterocycles. The fourth-order valence-corrected chi connectivity index (χ4v) is 23.0. The lowest BCUT2D eigenvalue weighted by Gasteiger charge is -2.46. The van der Waals surface area contributed by atoms with Gasteiger partial charge in [-0.2, -0.15) is 0 Å². The van der Waals surface area contributed by atoms with Crippen molar-refractivity contribution in [2.45, 2.75) is 190 Å². The number of nitrogens with zero attached hydrogens (tertiary/aromatic N) is 4. The van der Waals surface area contributed by atoms with Crippen LogP contribution < -0.4 is 26.2 Å². The van der Waals surface area contributed by atoms with Crippen molar-refractivity contribution < 1.29 is 2.74 Å². The molecule has 0 amide bonds. The summed E-state index contributed by atoms with van der Waals surface area (Å²) >= 11 is 0. The van der Waals surface area contributed by atoms with Gasteiger partial charge in [0.25, 0.3) is 6.71 Å². The molecule has 142 heavy (non-hydrogen) atoms. The Labute approximate surface area is 848 Å². The van der Waals surface area contributed by atoms with Crippen molar-refractivity contribution in [2.24, 2.45) is 37.9 Å². The Balaban J connectivity index is 0.947. The van der Waals surface area contributed by atoms with Crippen LogP contribution in [0.15, 0.2) is 364 Å². The molecule has 0 atom stereocenters. The maximum atomic E-state index is 11.4. The molecule has 2 aliphatic rings. The second-order valence-electron chi connectivity index (χ2n) is 49.2. The summed E-state index contributed by atoms with van der Waals surface area (Å²) in [4.78, 5) is 5.33.